The standard InChI is InChI=1S/C26H33Cl2N3O6S2/c27-22-7-6-21(25(28)17-22)19-38(33,34)31-15-4-5-20(18-31)26(32)29-12-16-37-23-8-10-24(11-9-23)39(35,36)30-13-2-1-3-14-30/h6-11,17,20H,1-5,12-16,18-19H2,(H,29,32)/t20-/m1/s1. The highest BCUT2D eigenvalue weighted by Gasteiger charge is 2.32. The Hall–Kier alpha value is -1.89. The van der Waals surface area contributed by atoms with Gasteiger partial charge in [-0.3, -0.25) is 4.79 Å². The Balaban J connectivity index is 1.23. The molecule has 0 radical (unpaired) electrons. The zero-order chi connectivity index (χ0) is 28.0. The summed E-state index contributed by atoms with van der Waals surface area (Å²) in [7, 11) is -7.17. The third-order valence-electron chi connectivity index (χ3n) is 6.95. The molecule has 1 N–H and O–H groups in total. The second kappa shape index (κ2) is 13.2. The number of piperidine rings is 2. The number of amides is 1. The van der Waals surface area contributed by atoms with Crippen molar-refractivity contribution in [1.82, 2.24) is 13.9 Å². The lowest BCUT2D eigenvalue weighted by atomic mass is 9.99. The van der Waals surface area contributed by atoms with Gasteiger partial charge in [0.1, 0.15) is 12.4 Å². The van der Waals surface area contributed by atoms with Crippen LogP contribution in [-0.4, -0.2) is 70.7 Å². The van der Waals surface area contributed by atoms with Crippen molar-refractivity contribution in [3.63, 3.8) is 0 Å². The lowest BCUT2D eigenvalue weighted by Crippen LogP contribution is -2.46. The molecule has 0 saturated carbocycles. The molecule has 13 heteroatoms. The van der Waals surface area contributed by atoms with Crippen LogP contribution < -0.4 is 10.1 Å². The molecule has 2 aliphatic heterocycles. The maximum Gasteiger partial charge on any atom is 0.243 e. The molecule has 2 aliphatic rings. The number of rotatable bonds is 10. The first-order valence-corrected chi connectivity index (χ1v) is 16.8. The summed E-state index contributed by atoms with van der Waals surface area (Å²) in [5.74, 6) is -0.458. The summed E-state index contributed by atoms with van der Waals surface area (Å²) in [6.07, 6.45) is 3.97. The Bertz CT molecular complexity index is 1360. The van der Waals surface area contributed by atoms with Crippen LogP contribution in [0.1, 0.15) is 37.7 Å². The molecule has 0 aliphatic carbocycles. The van der Waals surface area contributed by atoms with Crippen molar-refractivity contribution in [3.05, 3.63) is 58.1 Å². The van der Waals surface area contributed by atoms with Crippen LogP contribution in [0.4, 0.5) is 0 Å². The molecule has 9 nitrogen and oxygen atoms in total. The Morgan fingerprint density at radius 2 is 1.62 bits per heavy atom. The van der Waals surface area contributed by atoms with Gasteiger partial charge in [0.15, 0.2) is 0 Å². The molecule has 2 heterocycles. The number of nitrogens with one attached hydrogen (secondary N) is 1. The number of carbonyl (C=O) groups excluding carboxylic acids is 1. The summed E-state index contributed by atoms with van der Waals surface area (Å²) in [4.78, 5) is 13.0. The molecule has 0 bridgehead atoms. The number of benzene rings is 2. The van der Waals surface area contributed by atoms with E-state index in [2.05, 4.69) is 5.32 Å². The van der Waals surface area contributed by atoms with Crippen molar-refractivity contribution >= 4 is 49.2 Å². The van der Waals surface area contributed by atoms with Crippen LogP contribution >= 0.6 is 23.2 Å². The second-order valence-corrected chi connectivity index (χ2v) is 14.5. The SMILES string of the molecule is O=C(NCCOc1ccc(S(=O)(=O)N2CCCCC2)cc1)[C@@H]1CCCN(S(=O)(=O)Cc2ccc(Cl)cc2Cl)C1. The number of halogens is 2. The third-order valence-corrected chi connectivity index (χ3v) is 11.2. The van der Waals surface area contributed by atoms with Gasteiger partial charge in [0.25, 0.3) is 0 Å². The first-order chi connectivity index (χ1) is 18.6. The maximum atomic E-state index is 13.0. The normalized spacial score (nSPS) is 19.5. The molecule has 1 atom stereocenters. The van der Waals surface area contributed by atoms with Crippen LogP contribution in [0, 0.1) is 5.92 Å². The molecule has 0 aromatic heterocycles. The van der Waals surface area contributed by atoms with Crippen LogP contribution in [0.2, 0.25) is 10.0 Å². The van der Waals surface area contributed by atoms with E-state index in [1.54, 1.807) is 24.3 Å². The highest BCUT2D eigenvalue weighted by atomic mass is 35.5. The summed E-state index contributed by atoms with van der Waals surface area (Å²) in [6, 6.07) is 11.0. The largest absolute Gasteiger partial charge is 0.492 e. The van der Waals surface area contributed by atoms with Crippen molar-refractivity contribution in [2.24, 2.45) is 5.92 Å². The zero-order valence-corrected chi connectivity index (χ0v) is 24.7. The fourth-order valence-electron chi connectivity index (χ4n) is 4.79. The van der Waals surface area contributed by atoms with Crippen LogP contribution in [0.15, 0.2) is 47.4 Å². The number of nitrogens with zero attached hydrogens (tertiary/aromatic N) is 2. The van der Waals surface area contributed by atoms with Crippen molar-refractivity contribution in [3.8, 4) is 5.75 Å². The minimum absolute atomic E-state index is 0.104. The van der Waals surface area contributed by atoms with E-state index >= 15 is 0 Å². The van der Waals surface area contributed by atoms with Gasteiger partial charge in [-0.15, -0.1) is 0 Å². The summed E-state index contributed by atoms with van der Waals surface area (Å²) >= 11 is 12.1. The van der Waals surface area contributed by atoms with Gasteiger partial charge in [-0.1, -0.05) is 35.7 Å². The van der Waals surface area contributed by atoms with Gasteiger partial charge >= 0.3 is 0 Å². The van der Waals surface area contributed by atoms with Gasteiger partial charge < -0.3 is 10.1 Å². The molecular formula is C26H33Cl2N3O6S2. The van der Waals surface area contributed by atoms with E-state index in [-0.39, 0.29) is 41.3 Å². The van der Waals surface area contributed by atoms with E-state index in [0.29, 0.717) is 48.8 Å². The third kappa shape index (κ3) is 7.86. The average Bonchev–Trinajstić information content (AvgIpc) is 2.93. The quantitative estimate of drug-likeness (QED) is 0.405. The lowest BCUT2D eigenvalue weighted by Gasteiger charge is -2.31. The van der Waals surface area contributed by atoms with Crippen molar-refractivity contribution in [2.75, 3.05) is 39.3 Å². The molecule has 214 valence electrons. The number of carbonyl (C=O) groups is 1. The molecule has 1 amide bonds. The Kier molecular flexibility index (Phi) is 10.2. The smallest absolute Gasteiger partial charge is 0.243 e. The lowest BCUT2D eigenvalue weighted by molar-refractivity contribution is -0.126. The van der Waals surface area contributed by atoms with Crippen molar-refractivity contribution in [2.45, 2.75) is 42.8 Å². The number of sulfonamides is 2. The fourth-order valence-corrected chi connectivity index (χ4v) is 8.50. The van der Waals surface area contributed by atoms with Gasteiger partial charge in [-0.05, 0) is 67.6 Å². The Morgan fingerprint density at radius 3 is 2.31 bits per heavy atom. The van der Waals surface area contributed by atoms with Crippen LogP contribution in [0.25, 0.3) is 0 Å². The Morgan fingerprint density at radius 1 is 0.923 bits per heavy atom. The van der Waals surface area contributed by atoms with E-state index in [0.717, 1.165) is 19.3 Å². The van der Waals surface area contributed by atoms with E-state index in [9.17, 15) is 21.6 Å². The molecule has 0 unspecified atom stereocenters. The Labute approximate surface area is 240 Å². The summed E-state index contributed by atoms with van der Waals surface area (Å²) in [5, 5.41) is 3.53. The number of hydrogen-bond donors (Lipinski definition) is 1. The van der Waals surface area contributed by atoms with E-state index in [1.807, 2.05) is 0 Å². The molecule has 4 rings (SSSR count). The first kappa shape index (κ1) is 30.1. The van der Waals surface area contributed by atoms with Crippen LogP contribution in [0.3, 0.4) is 0 Å². The topological polar surface area (TPSA) is 113 Å². The monoisotopic (exact) mass is 617 g/mol. The van der Waals surface area contributed by atoms with Gasteiger partial charge in [0.2, 0.25) is 26.0 Å². The summed E-state index contributed by atoms with van der Waals surface area (Å²) < 4.78 is 60.1. The van der Waals surface area contributed by atoms with Gasteiger partial charge in [-0.25, -0.2) is 21.1 Å². The summed E-state index contributed by atoms with van der Waals surface area (Å²) in [6.45, 7) is 1.96. The predicted molar refractivity (Wildman–Crippen MR) is 151 cm³/mol. The van der Waals surface area contributed by atoms with Gasteiger partial charge in [-0.2, -0.15) is 4.31 Å². The number of ether oxygens (including phenoxy) is 1. The molecule has 2 aromatic carbocycles. The number of hydrogen-bond acceptors (Lipinski definition) is 6. The molecule has 39 heavy (non-hydrogen) atoms. The average molecular weight is 619 g/mol. The molecular weight excluding hydrogens is 585 g/mol. The predicted octanol–water partition coefficient (Wildman–Crippen LogP) is 3.91. The maximum absolute atomic E-state index is 13.0. The fraction of sp³-hybridized carbons (Fsp3) is 0.500. The van der Waals surface area contributed by atoms with Crippen LogP contribution in [-0.2, 0) is 30.6 Å². The minimum Gasteiger partial charge on any atom is -0.492 e. The van der Waals surface area contributed by atoms with Crippen molar-refractivity contribution in [1.29, 1.82) is 0 Å². The molecule has 2 saturated heterocycles. The molecule has 0 spiro atoms. The second-order valence-electron chi connectivity index (χ2n) is 9.76. The highest BCUT2D eigenvalue weighted by Crippen LogP contribution is 2.27. The van der Waals surface area contributed by atoms with Crippen LogP contribution in [0.5, 0.6) is 5.75 Å². The van der Waals surface area contributed by atoms with Crippen molar-refractivity contribution < 1.29 is 26.4 Å². The van der Waals surface area contributed by atoms with E-state index in [4.69, 9.17) is 27.9 Å². The minimum atomic E-state index is -3.67. The van der Waals surface area contributed by atoms with E-state index in [1.165, 1.54) is 26.8 Å². The molecule has 2 aromatic rings. The van der Waals surface area contributed by atoms with E-state index < -0.39 is 26.0 Å². The first-order valence-electron chi connectivity index (χ1n) is 13.0. The summed E-state index contributed by atoms with van der Waals surface area (Å²) in [5.41, 5.74) is 0.460. The zero-order valence-electron chi connectivity index (χ0n) is 21.5. The van der Waals surface area contributed by atoms with Gasteiger partial charge in [0, 0.05) is 36.2 Å². The van der Waals surface area contributed by atoms with Gasteiger partial charge in [0.05, 0.1) is 23.1 Å². The molecule has 2 fully saturated rings. The highest BCUT2D eigenvalue weighted by molar-refractivity contribution is 7.89.